The first-order chi connectivity index (χ1) is 9.48. The fourth-order valence-corrected chi connectivity index (χ4v) is 2.29. The molecule has 0 aliphatic carbocycles. The number of aromatic amines is 1. The van der Waals surface area contributed by atoms with Gasteiger partial charge < -0.3 is 25.3 Å². The predicted octanol–water partition coefficient (Wildman–Crippen LogP) is -0.369. The molecule has 0 saturated carbocycles. The highest BCUT2D eigenvalue weighted by Gasteiger charge is 2.37. The number of H-pyrrole nitrogens is 1. The number of rotatable bonds is 4. The summed E-state index contributed by atoms with van der Waals surface area (Å²) in [5.41, 5.74) is 4.38. The predicted molar refractivity (Wildman–Crippen MR) is 69.3 cm³/mol. The van der Waals surface area contributed by atoms with Crippen LogP contribution in [0.25, 0.3) is 0 Å². The summed E-state index contributed by atoms with van der Waals surface area (Å²) in [5.74, 6) is -0.890. The van der Waals surface area contributed by atoms with Gasteiger partial charge in [-0.25, -0.2) is 4.98 Å². The van der Waals surface area contributed by atoms with Crippen molar-refractivity contribution in [3.8, 4) is 0 Å². The van der Waals surface area contributed by atoms with Crippen molar-refractivity contribution in [2.75, 3.05) is 26.1 Å². The van der Waals surface area contributed by atoms with Crippen LogP contribution in [0.15, 0.2) is 4.79 Å². The summed E-state index contributed by atoms with van der Waals surface area (Å²) in [4.78, 5) is 29.4. The minimum absolute atomic E-state index is 0.0421. The Labute approximate surface area is 114 Å². The zero-order valence-corrected chi connectivity index (χ0v) is 11.1. The molecule has 0 radical (unpaired) electrons. The van der Waals surface area contributed by atoms with Gasteiger partial charge >= 0.3 is 5.97 Å². The summed E-state index contributed by atoms with van der Waals surface area (Å²) in [7, 11) is 1.53. The summed E-state index contributed by atoms with van der Waals surface area (Å²) in [5, 5.41) is 8.75. The van der Waals surface area contributed by atoms with Crippen molar-refractivity contribution in [3.63, 3.8) is 0 Å². The Morgan fingerprint density at radius 2 is 2.20 bits per heavy atom. The molecule has 0 bridgehead atoms. The smallest absolute Gasteiger partial charge is 0.308 e. The lowest BCUT2D eigenvalue weighted by atomic mass is 9.93. The Hall–Kier alpha value is -1.93. The molecular formula is C12H17N3O5. The van der Waals surface area contributed by atoms with Crippen LogP contribution in [0.4, 0.5) is 5.82 Å². The minimum atomic E-state index is -1.13. The van der Waals surface area contributed by atoms with E-state index in [1.54, 1.807) is 0 Å². The van der Waals surface area contributed by atoms with Gasteiger partial charge in [0, 0.05) is 33.2 Å². The Kier molecular flexibility index (Phi) is 4.05. The van der Waals surface area contributed by atoms with Crippen LogP contribution in [0.3, 0.4) is 0 Å². The van der Waals surface area contributed by atoms with Crippen molar-refractivity contribution in [2.24, 2.45) is 0 Å². The van der Waals surface area contributed by atoms with Crippen LogP contribution in [-0.4, -0.2) is 41.4 Å². The SMILES string of the molecule is COC1(c2nc(N)c(CC(=O)O)c(=O)[nH]2)CCOCC1. The van der Waals surface area contributed by atoms with Gasteiger partial charge in [0.25, 0.3) is 5.56 Å². The Morgan fingerprint density at radius 3 is 2.70 bits per heavy atom. The van der Waals surface area contributed by atoms with Crippen molar-refractivity contribution >= 4 is 11.8 Å². The lowest BCUT2D eigenvalue weighted by Gasteiger charge is -2.34. The number of nitrogen functional groups attached to an aromatic ring is 1. The van der Waals surface area contributed by atoms with E-state index in [0.29, 0.717) is 31.9 Å². The molecule has 4 N–H and O–H groups in total. The van der Waals surface area contributed by atoms with E-state index in [9.17, 15) is 9.59 Å². The van der Waals surface area contributed by atoms with Gasteiger partial charge in [-0.05, 0) is 0 Å². The van der Waals surface area contributed by atoms with E-state index in [4.69, 9.17) is 20.3 Å². The average molecular weight is 283 g/mol. The van der Waals surface area contributed by atoms with Gasteiger partial charge in [-0.15, -0.1) is 0 Å². The molecule has 0 amide bonds. The van der Waals surface area contributed by atoms with Crippen LogP contribution in [0.2, 0.25) is 0 Å². The first-order valence-electron chi connectivity index (χ1n) is 6.22. The largest absolute Gasteiger partial charge is 0.481 e. The number of hydrogen-bond donors (Lipinski definition) is 3. The molecule has 0 unspecified atom stereocenters. The number of nitrogens with zero attached hydrogens (tertiary/aromatic N) is 1. The number of ether oxygens (including phenoxy) is 2. The van der Waals surface area contributed by atoms with E-state index < -0.39 is 23.6 Å². The molecule has 1 aliphatic heterocycles. The molecular weight excluding hydrogens is 266 g/mol. The minimum Gasteiger partial charge on any atom is -0.481 e. The van der Waals surface area contributed by atoms with E-state index in [1.165, 1.54) is 7.11 Å². The number of carboxylic acids is 1. The first kappa shape index (κ1) is 14.5. The highest BCUT2D eigenvalue weighted by Crippen LogP contribution is 2.33. The fourth-order valence-electron chi connectivity index (χ4n) is 2.29. The van der Waals surface area contributed by atoms with Crippen molar-refractivity contribution < 1.29 is 19.4 Å². The maximum absolute atomic E-state index is 12.0. The highest BCUT2D eigenvalue weighted by molar-refractivity contribution is 5.71. The first-order valence-corrected chi connectivity index (χ1v) is 6.22. The van der Waals surface area contributed by atoms with E-state index in [-0.39, 0.29) is 11.4 Å². The van der Waals surface area contributed by atoms with E-state index in [1.807, 2.05) is 0 Å². The van der Waals surface area contributed by atoms with Crippen LogP contribution in [0, 0.1) is 0 Å². The highest BCUT2D eigenvalue weighted by atomic mass is 16.5. The average Bonchev–Trinajstić information content (AvgIpc) is 2.43. The van der Waals surface area contributed by atoms with Crippen LogP contribution in [-0.2, 0) is 26.3 Å². The lowest BCUT2D eigenvalue weighted by Crippen LogP contribution is -2.39. The molecule has 1 fully saturated rings. The molecule has 8 nitrogen and oxygen atoms in total. The number of nitrogens with two attached hydrogens (primary N) is 1. The number of hydrogen-bond acceptors (Lipinski definition) is 6. The quantitative estimate of drug-likeness (QED) is 0.687. The standard InChI is InChI=1S/C12H17N3O5/c1-19-12(2-4-20-5-3-12)11-14-9(13)7(6-8(16)17)10(18)15-11/h2-6H2,1H3,(H,16,17)(H3,13,14,15,18). The molecule has 1 aliphatic rings. The fraction of sp³-hybridized carbons (Fsp3) is 0.583. The summed E-state index contributed by atoms with van der Waals surface area (Å²) < 4.78 is 10.8. The molecule has 20 heavy (non-hydrogen) atoms. The van der Waals surface area contributed by atoms with Gasteiger partial charge in [0.2, 0.25) is 0 Å². The molecule has 0 spiro atoms. The van der Waals surface area contributed by atoms with Crippen LogP contribution in [0.5, 0.6) is 0 Å². The second kappa shape index (κ2) is 5.59. The summed E-state index contributed by atoms with van der Waals surface area (Å²) in [6.07, 6.45) is 0.631. The van der Waals surface area contributed by atoms with Crippen molar-refractivity contribution in [1.82, 2.24) is 9.97 Å². The molecule has 1 aromatic rings. The van der Waals surface area contributed by atoms with Gasteiger partial charge in [0.05, 0.1) is 12.0 Å². The zero-order valence-electron chi connectivity index (χ0n) is 11.1. The normalized spacial score (nSPS) is 17.9. The number of anilines is 1. The van der Waals surface area contributed by atoms with Gasteiger partial charge in [-0.3, -0.25) is 9.59 Å². The molecule has 2 rings (SSSR count). The van der Waals surface area contributed by atoms with Crippen molar-refractivity contribution in [1.29, 1.82) is 0 Å². The molecule has 8 heteroatoms. The van der Waals surface area contributed by atoms with Gasteiger partial charge in [0.15, 0.2) is 0 Å². The summed E-state index contributed by atoms with van der Waals surface area (Å²) in [6.45, 7) is 0.989. The molecule has 1 saturated heterocycles. The molecule has 2 heterocycles. The van der Waals surface area contributed by atoms with E-state index >= 15 is 0 Å². The Morgan fingerprint density at radius 1 is 1.55 bits per heavy atom. The van der Waals surface area contributed by atoms with Crippen molar-refractivity contribution in [3.05, 3.63) is 21.7 Å². The van der Waals surface area contributed by atoms with Gasteiger partial charge in [0.1, 0.15) is 17.2 Å². The van der Waals surface area contributed by atoms with Gasteiger partial charge in [-0.2, -0.15) is 0 Å². The molecule has 0 aromatic carbocycles. The van der Waals surface area contributed by atoms with Crippen LogP contribution >= 0.6 is 0 Å². The second-order valence-corrected chi connectivity index (χ2v) is 4.66. The zero-order chi connectivity index (χ0) is 14.8. The number of methoxy groups -OCH3 is 1. The van der Waals surface area contributed by atoms with Gasteiger partial charge in [-0.1, -0.05) is 0 Å². The third kappa shape index (κ3) is 2.66. The van der Waals surface area contributed by atoms with E-state index in [0.717, 1.165) is 0 Å². The Bertz CT molecular complexity index is 563. The third-order valence-corrected chi connectivity index (χ3v) is 3.50. The maximum atomic E-state index is 12.0. The van der Waals surface area contributed by atoms with E-state index in [2.05, 4.69) is 9.97 Å². The topological polar surface area (TPSA) is 128 Å². The third-order valence-electron chi connectivity index (χ3n) is 3.50. The number of aromatic nitrogens is 2. The van der Waals surface area contributed by atoms with Crippen molar-refractivity contribution in [2.45, 2.75) is 24.9 Å². The maximum Gasteiger partial charge on any atom is 0.308 e. The summed E-state index contributed by atoms with van der Waals surface area (Å²) >= 11 is 0. The number of carboxylic acid groups (broad SMARTS) is 1. The summed E-state index contributed by atoms with van der Waals surface area (Å²) in [6, 6.07) is 0. The monoisotopic (exact) mass is 283 g/mol. The number of carbonyl (C=O) groups is 1. The Balaban J connectivity index is 2.43. The molecule has 0 atom stereocenters. The molecule has 110 valence electrons. The molecule has 1 aromatic heterocycles. The number of aliphatic carboxylic acids is 1. The van der Waals surface area contributed by atoms with Crippen LogP contribution in [0.1, 0.15) is 24.2 Å². The second-order valence-electron chi connectivity index (χ2n) is 4.66. The number of nitrogens with one attached hydrogen (secondary N) is 1. The lowest BCUT2D eigenvalue weighted by molar-refractivity contribution is -0.136. The van der Waals surface area contributed by atoms with Crippen LogP contribution < -0.4 is 11.3 Å².